The molecule has 2 aromatic carbocycles. The molecule has 2 N–H and O–H groups in total. The fourth-order valence-corrected chi connectivity index (χ4v) is 4.10. The summed E-state index contributed by atoms with van der Waals surface area (Å²) in [6, 6.07) is 9.90. The highest BCUT2D eigenvalue weighted by molar-refractivity contribution is 7.92. The summed E-state index contributed by atoms with van der Waals surface area (Å²) in [6.07, 6.45) is 0. The average molecular weight is 404 g/mol. The van der Waals surface area contributed by atoms with E-state index >= 15 is 0 Å². The summed E-state index contributed by atoms with van der Waals surface area (Å²) in [6.45, 7) is 5.34. The highest BCUT2D eigenvalue weighted by Gasteiger charge is 2.34. The minimum Gasteiger partial charge on any atom is -0.484 e. The van der Waals surface area contributed by atoms with Crippen molar-refractivity contribution in [2.45, 2.75) is 31.3 Å². The molecule has 0 aromatic heterocycles. The number of benzene rings is 2. The van der Waals surface area contributed by atoms with Crippen molar-refractivity contribution in [3.05, 3.63) is 48.0 Å². The molecule has 28 heavy (non-hydrogen) atoms. The Morgan fingerprint density at radius 2 is 1.86 bits per heavy atom. The van der Waals surface area contributed by atoms with Crippen molar-refractivity contribution in [3.8, 4) is 5.75 Å². The number of ether oxygens (including phenoxy) is 1. The van der Waals surface area contributed by atoms with Crippen molar-refractivity contribution >= 4 is 33.3 Å². The van der Waals surface area contributed by atoms with Crippen molar-refractivity contribution < 1.29 is 27.9 Å². The number of carboxylic acids is 1. The van der Waals surface area contributed by atoms with E-state index in [1.54, 1.807) is 0 Å². The van der Waals surface area contributed by atoms with Gasteiger partial charge in [-0.1, -0.05) is 12.1 Å². The lowest BCUT2D eigenvalue weighted by molar-refractivity contribution is -0.117. The molecule has 0 radical (unpaired) electrons. The van der Waals surface area contributed by atoms with Gasteiger partial charge in [-0.25, -0.2) is 13.2 Å². The first kappa shape index (κ1) is 19.7. The molecular weight excluding hydrogens is 384 g/mol. The van der Waals surface area contributed by atoms with Gasteiger partial charge < -0.3 is 14.7 Å². The van der Waals surface area contributed by atoms with Crippen molar-refractivity contribution in [3.63, 3.8) is 0 Å². The maximum atomic E-state index is 12.8. The number of carboxylic acid groups (broad SMARTS) is 1. The molecule has 0 atom stereocenters. The Kier molecular flexibility index (Phi) is 4.80. The number of hydrogen-bond donors (Lipinski definition) is 2. The minimum absolute atomic E-state index is 0.0477. The molecule has 0 saturated heterocycles. The number of aromatic carboxylic acids is 1. The molecule has 1 heterocycles. The predicted octanol–water partition coefficient (Wildman–Crippen LogP) is 2.71. The number of carbonyl (C=O) groups excluding carboxylic acids is 1. The SMILES string of the molecule is CC(=O)N1CC(C)(C)Oc2ccc(S(=O)(=O)Nc3ccccc3C(=O)O)cc21. The van der Waals surface area contributed by atoms with E-state index in [4.69, 9.17) is 4.74 Å². The molecule has 9 heteroatoms. The number of hydrogen-bond acceptors (Lipinski definition) is 5. The van der Waals surface area contributed by atoms with Gasteiger partial charge in [0, 0.05) is 6.92 Å². The van der Waals surface area contributed by atoms with Crippen LogP contribution >= 0.6 is 0 Å². The molecule has 1 aliphatic rings. The lowest BCUT2D eigenvalue weighted by Gasteiger charge is -2.39. The van der Waals surface area contributed by atoms with Crippen LogP contribution in [0.1, 0.15) is 31.1 Å². The van der Waals surface area contributed by atoms with Crippen LogP contribution in [0.3, 0.4) is 0 Å². The van der Waals surface area contributed by atoms with Gasteiger partial charge in [-0.15, -0.1) is 0 Å². The number of carbonyl (C=O) groups is 2. The lowest BCUT2D eigenvalue weighted by Crippen LogP contribution is -2.48. The van der Waals surface area contributed by atoms with Crippen LogP contribution in [0.15, 0.2) is 47.4 Å². The second-order valence-electron chi connectivity index (χ2n) is 7.05. The van der Waals surface area contributed by atoms with E-state index in [-0.39, 0.29) is 28.6 Å². The highest BCUT2D eigenvalue weighted by atomic mass is 32.2. The van der Waals surface area contributed by atoms with E-state index in [9.17, 15) is 23.1 Å². The third-order valence-corrected chi connectivity index (χ3v) is 5.60. The Labute approximate surface area is 162 Å². The van der Waals surface area contributed by atoms with Crippen LogP contribution in [-0.4, -0.2) is 37.5 Å². The molecule has 8 nitrogen and oxygen atoms in total. The van der Waals surface area contributed by atoms with Crippen molar-refractivity contribution in [1.82, 2.24) is 0 Å². The molecule has 3 rings (SSSR count). The van der Waals surface area contributed by atoms with E-state index in [1.165, 1.54) is 54.3 Å². The van der Waals surface area contributed by atoms with Crippen LogP contribution in [0.4, 0.5) is 11.4 Å². The first-order valence-electron chi connectivity index (χ1n) is 8.46. The molecule has 0 aliphatic carbocycles. The summed E-state index contributed by atoms with van der Waals surface area (Å²) in [7, 11) is -4.09. The zero-order valence-electron chi connectivity index (χ0n) is 15.6. The Morgan fingerprint density at radius 1 is 1.18 bits per heavy atom. The number of amides is 1. The van der Waals surface area contributed by atoms with Crippen LogP contribution < -0.4 is 14.4 Å². The third kappa shape index (κ3) is 3.79. The Balaban J connectivity index is 2.02. The fraction of sp³-hybridized carbons (Fsp3) is 0.263. The number of sulfonamides is 1. The summed E-state index contributed by atoms with van der Waals surface area (Å²) in [5.74, 6) is -1.09. The summed E-state index contributed by atoms with van der Waals surface area (Å²) >= 11 is 0. The van der Waals surface area contributed by atoms with Crippen molar-refractivity contribution in [1.29, 1.82) is 0 Å². The predicted molar refractivity (Wildman–Crippen MR) is 103 cm³/mol. The average Bonchev–Trinajstić information content (AvgIpc) is 2.59. The maximum Gasteiger partial charge on any atom is 0.337 e. The number of nitrogens with one attached hydrogen (secondary N) is 1. The zero-order chi connectivity index (χ0) is 20.7. The maximum absolute atomic E-state index is 12.8. The van der Waals surface area contributed by atoms with Crippen LogP contribution in [0.5, 0.6) is 5.75 Å². The van der Waals surface area contributed by atoms with Gasteiger partial charge in [-0.3, -0.25) is 9.52 Å². The second-order valence-corrected chi connectivity index (χ2v) is 8.74. The Morgan fingerprint density at radius 3 is 2.50 bits per heavy atom. The number of rotatable bonds is 4. The molecule has 0 bridgehead atoms. The topological polar surface area (TPSA) is 113 Å². The molecular formula is C19H20N2O6S. The van der Waals surface area contributed by atoms with E-state index in [2.05, 4.69) is 4.72 Å². The zero-order valence-corrected chi connectivity index (χ0v) is 16.4. The van der Waals surface area contributed by atoms with Crippen molar-refractivity contribution in [2.24, 2.45) is 0 Å². The highest BCUT2D eigenvalue weighted by Crippen LogP contribution is 2.38. The summed E-state index contributed by atoms with van der Waals surface area (Å²) in [4.78, 5) is 24.7. The smallest absolute Gasteiger partial charge is 0.337 e. The largest absolute Gasteiger partial charge is 0.484 e. The van der Waals surface area contributed by atoms with Gasteiger partial charge in [0.2, 0.25) is 5.91 Å². The molecule has 0 fully saturated rings. The van der Waals surface area contributed by atoms with Gasteiger partial charge in [0.15, 0.2) is 0 Å². The van der Waals surface area contributed by atoms with Crippen LogP contribution in [0, 0.1) is 0 Å². The second kappa shape index (κ2) is 6.83. The summed E-state index contributed by atoms with van der Waals surface area (Å²) in [5, 5.41) is 9.24. The monoisotopic (exact) mass is 404 g/mol. The quantitative estimate of drug-likeness (QED) is 0.810. The first-order valence-corrected chi connectivity index (χ1v) is 9.95. The molecule has 0 saturated carbocycles. The third-order valence-electron chi connectivity index (χ3n) is 4.24. The summed E-state index contributed by atoms with van der Waals surface area (Å²) < 4.78 is 33.8. The van der Waals surface area contributed by atoms with E-state index in [0.717, 1.165) is 0 Å². The number of nitrogens with zero attached hydrogens (tertiary/aromatic N) is 1. The Bertz CT molecular complexity index is 1060. The molecule has 148 valence electrons. The molecule has 0 unspecified atom stereocenters. The van der Waals surface area contributed by atoms with Crippen LogP contribution in [0.2, 0.25) is 0 Å². The molecule has 1 aliphatic heterocycles. The first-order chi connectivity index (χ1) is 13.0. The van der Waals surface area contributed by atoms with Gasteiger partial charge in [0.25, 0.3) is 10.0 Å². The Hall–Kier alpha value is -3.07. The van der Waals surface area contributed by atoms with Gasteiger partial charge in [0.1, 0.15) is 11.4 Å². The molecule has 0 spiro atoms. The van der Waals surface area contributed by atoms with Crippen molar-refractivity contribution in [2.75, 3.05) is 16.2 Å². The number of para-hydroxylation sites is 1. The standard InChI is InChI=1S/C19H20N2O6S/c1-12(22)21-11-19(2,3)27-17-9-8-13(10-16(17)21)28(25,26)20-15-7-5-4-6-14(15)18(23)24/h4-10,20H,11H2,1-3H3,(H,23,24). The van der Waals surface area contributed by atoms with Gasteiger partial charge >= 0.3 is 5.97 Å². The van der Waals surface area contributed by atoms with E-state index < -0.39 is 21.6 Å². The van der Waals surface area contributed by atoms with Gasteiger partial charge in [-0.2, -0.15) is 0 Å². The van der Waals surface area contributed by atoms with Crippen LogP contribution in [-0.2, 0) is 14.8 Å². The lowest BCUT2D eigenvalue weighted by atomic mass is 10.1. The van der Waals surface area contributed by atoms with E-state index in [0.29, 0.717) is 11.4 Å². The van der Waals surface area contributed by atoms with Gasteiger partial charge in [0.05, 0.1) is 28.4 Å². The summed E-state index contributed by atoms with van der Waals surface area (Å²) in [5.41, 5.74) is -0.480. The number of fused-ring (bicyclic) bond motifs is 1. The molecule has 1 amide bonds. The molecule has 2 aromatic rings. The van der Waals surface area contributed by atoms with Crippen LogP contribution in [0.25, 0.3) is 0 Å². The fourth-order valence-electron chi connectivity index (χ4n) is 3.00. The van der Waals surface area contributed by atoms with Gasteiger partial charge in [-0.05, 0) is 44.2 Å². The number of anilines is 2. The normalized spacial score (nSPS) is 15.3. The van der Waals surface area contributed by atoms with E-state index in [1.807, 2.05) is 13.8 Å². The minimum atomic E-state index is -4.09.